The molecule has 4 nitrogen and oxygen atoms in total. The van der Waals surface area contributed by atoms with Crippen LogP contribution in [-0.4, -0.2) is 30.5 Å². The van der Waals surface area contributed by atoms with Crippen molar-refractivity contribution < 1.29 is 13.9 Å². The van der Waals surface area contributed by atoms with Crippen LogP contribution in [0.25, 0.3) is 0 Å². The molecule has 0 saturated carbocycles. The third-order valence-electron chi connectivity index (χ3n) is 3.71. The van der Waals surface area contributed by atoms with Gasteiger partial charge in [-0.3, -0.25) is 10.1 Å². The number of benzene rings is 1. The van der Waals surface area contributed by atoms with Gasteiger partial charge in [-0.05, 0) is 30.0 Å². The van der Waals surface area contributed by atoms with Crippen LogP contribution in [0.4, 0.5) is 4.39 Å². The summed E-state index contributed by atoms with van der Waals surface area (Å²) in [4.78, 5) is 14.2. The van der Waals surface area contributed by atoms with Crippen molar-refractivity contribution in [2.45, 2.75) is 39.4 Å². The lowest BCUT2D eigenvalue weighted by Crippen LogP contribution is -2.34. The van der Waals surface area contributed by atoms with Gasteiger partial charge in [-0.2, -0.15) is 0 Å². The number of amides is 1. The molecule has 1 aliphatic heterocycles. The van der Waals surface area contributed by atoms with Gasteiger partial charge < -0.3 is 9.64 Å². The lowest BCUT2D eigenvalue weighted by atomic mass is 10.1. The number of hydrogen-bond acceptors (Lipinski definition) is 3. The Kier molecular flexibility index (Phi) is 4.83. The first-order valence-corrected chi connectivity index (χ1v) is 7.37. The topological polar surface area (TPSA) is 41.6 Å². The first-order chi connectivity index (χ1) is 9.97. The Labute approximate surface area is 125 Å². The molecular weight excluding hydrogens is 271 g/mol. The number of ether oxygens (including phenoxy) is 1. The van der Waals surface area contributed by atoms with Crippen molar-refractivity contribution in [3.63, 3.8) is 0 Å². The standard InChI is InChI=1S/C16H23FN2O2/c1-5-13-16(20)19(9-10(2)3)15(18-13)11-6-7-14(21-4)12(17)8-11/h6-8,10,13,15,18H,5,9H2,1-4H3. The van der Waals surface area contributed by atoms with Gasteiger partial charge in [0.05, 0.1) is 13.2 Å². The van der Waals surface area contributed by atoms with E-state index in [1.807, 2.05) is 6.92 Å². The van der Waals surface area contributed by atoms with E-state index in [0.29, 0.717) is 12.5 Å². The summed E-state index contributed by atoms with van der Waals surface area (Å²) in [5.74, 6) is 0.253. The van der Waals surface area contributed by atoms with E-state index < -0.39 is 5.82 Å². The van der Waals surface area contributed by atoms with Crippen LogP contribution in [0.15, 0.2) is 18.2 Å². The molecule has 0 aromatic heterocycles. The molecule has 1 amide bonds. The predicted molar refractivity (Wildman–Crippen MR) is 79.5 cm³/mol. The monoisotopic (exact) mass is 294 g/mol. The first-order valence-electron chi connectivity index (χ1n) is 7.37. The maximum Gasteiger partial charge on any atom is 0.241 e. The maximum atomic E-state index is 13.9. The smallest absolute Gasteiger partial charge is 0.241 e. The summed E-state index contributed by atoms with van der Waals surface area (Å²) in [7, 11) is 1.44. The van der Waals surface area contributed by atoms with E-state index in [-0.39, 0.29) is 23.9 Å². The van der Waals surface area contributed by atoms with Gasteiger partial charge in [-0.15, -0.1) is 0 Å². The van der Waals surface area contributed by atoms with E-state index in [2.05, 4.69) is 19.2 Å². The molecule has 1 aromatic carbocycles. The Morgan fingerprint density at radius 1 is 1.43 bits per heavy atom. The van der Waals surface area contributed by atoms with Crippen LogP contribution in [0.2, 0.25) is 0 Å². The molecule has 0 radical (unpaired) electrons. The maximum absolute atomic E-state index is 13.9. The molecule has 0 spiro atoms. The van der Waals surface area contributed by atoms with E-state index in [9.17, 15) is 9.18 Å². The molecule has 2 unspecified atom stereocenters. The zero-order valence-electron chi connectivity index (χ0n) is 13.0. The second kappa shape index (κ2) is 6.43. The Morgan fingerprint density at radius 2 is 2.14 bits per heavy atom. The third-order valence-corrected chi connectivity index (χ3v) is 3.71. The zero-order valence-corrected chi connectivity index (χ0v) is 13.0. The summed E-state index contributed by atoms with van der Waals surface area (Å²) in [5, 5.41) is 3.30. The van der Waals surface area contributed by atoms with Crippen molar-refractivity contribution >= 4 is 5.91 Å². The summed E-state index contributed by atoms with van der Waals surface area (Å²) in [6.45, 7) is 6.76. The average molecular weight is 294 g/mol. The molecule has 1 N–H and O–H groups in total. The molecule has 5 heteroatoms. The van der Waals surface area contributed by atoms with Gasteiger partial charge in [0.1, 0.15) is 6.17 Å². The largest absolute Gasteiger partial charge is 0.494 e. The number of hydrogen-bond donors (Lipinski definition) is 1. The summed E-state index contributed by atoms with van der Waals surface area (Å²) in [5.41, 5.74) is 0.748. The van der Waals surface area contributed by atoms with Crippen molar-refractivity contribution in [2.75, 3.05) is 13.7 Å². The molecule has 2 rings (SSSR count). The van der Waals surface area contributed by atoms with Gasteiger partial charge in [0.15, 0.2) is 11.6 Å². The van der Waals surface area contributed by atoms with Crippen LogP contribution < -0.4 is 10.1 Å². The van der Waals surface area contributed by atoms with Crippen molar-refractivity contribution in [2.24, 2.45) is 5.92 Å². The van der Waals surface area contributed by atoms with Gasteiger partial charge in [0.2, 0.25) is 5.91 Å². The fourth-order valence-corrected chi connectivity index (χ4v) is 2.69. The SMILES string of the molecule is CCC1NC(c2ccc(OC)c(F)c2)N(CC(C)C)C1=O. The average Bonchev–Trinajstić information content (AvgIpc) is 2.75. The van der Waals surface area contributed by atoms with Crippen molar-refractivity contribution in [3.05, 3.63) is 29.6 Å². The molecule has 0 bridgehead atoms. The summed E-state index contributed by atoms with van der Waals surface area (Å²) >= 11 is 0. The number of carbonyl (C=O) groups is 1. The second-order valence-electron chi connectivity index (χ2n) is 5.81. The highest BCUT2D eigenvalue weighted by atomic mass is 19.1. The van der Waals surface area contributed by atoms with E-state index in [4.69, 9.17) is 4.74 Å². The molecule has 1 aromatic rings. The van der Waals surface area contributed by atoms with Gasteiger partial charge in [-0.25, -0.2) is 4.39 Å². The van der Waals surface area contributed by atoms with Crippen LogP contribution in [0.1, 0.15) is 38.9 Å². The summed E-state index contributed by atoms with van der Waals surface area (Å²) in [6.07, 6.45) is 0.452. The molecule has 2 atom stereocenters. The molecule has 21 heavy (non-hydrogen) atoms. The van der Waals surface area contributed by atoms with Crippen molar-refractivity contribution in [1.82, 2.24) is 10.2 Å². The fraction of sp³-hybridized carbons (Fsp3) is 0.562. The summed E-state index contributed by atoms with van der Waals surface area (Å²) < 4.78 is 18.9. The second-order valence-corrected chi connectivity index (χ2v) is 5.81. The molecule has 1 saturated heterocycles. The van der Waals surface area contributed by atoms with E-state index >= 15 is 0 Å². The highest BCUT2D eigenvalue weighted by molar-refractivity contribution is 5.84. The highest BCUT2D eigenvalue weighted by Crippen LogP contribution is 2.29. The molecule has 1 aliphatic rings. The lowest BCUT2D eigenvalue weighted by molar-refractivity contribution is -0.130. The van der Waals surface area contributed by atoms with Gasteiger partial charge in [0.25, 0.3) is 0 Å². The zero-order chi connectivity index (χ0) is 15.6. The summed E-state index contributed by atoms with van der Waals surface area (Å²) in [6, 6.07) is 4.65. The van der Waals surface area contributed by atoms with Crippen LogP contribution in [0.3, 0.4) is 0 Å². The van der Waals surface area contributed by atoms with Gasteiger partial charge >= 0.3 is 0 Å². The normalized spacial score (nSPS) is 22.2. The van der Waals surface area contributed by atoms with Gasteiger partial charge in [0, 0.05) is 6.54 Å². The Hall–Kier alpha value is -1.62. The minimum atomic E-state index is -0.409. The first kappa shape index (κ1) is 15.8. The van der Waals surface area contributed by atoms with Crippen LogP contribution in [0, 0.1) is 11.7 Å². The molecule has 0 aliphatic carbocycles. The number of carbonyl (C=O) groups excluding carboxylic acids is 1. The number of rotatable bonds is 5. The Morgan fingerprint density at radius 3 is 2.67 bits per heavy atom. The van der Waals surface area contributed by atoms with E-state index in [1.165, 1.54) is 13.2 Å². The van der Waals surface area contributed by atoms with Crippen molar-refractivity contribution in [3.8, 4) is 5.75 Å². The quantitative estimate of drug-likeness (QED) is 0.908. The highest BCUT2D eigenvalue weighted by Gasteiger charge is 2.38. The minimum absolute atomic E-state index is 0.0902. The van der Waals surface area contributed by atoms with E-state index in [0.717, 1.165) is 12.0 Å². The van der Waals surface area contributed by atoms with Crippen LogP contribution in [-0.2, 0) is 4.79 Å². The predicted octanol–water partition coefficient (Wildman–Crippen LogP) is 2.70. The molecule has 1 heterocycles. The van der Waals surface area contributed by atoms with Crippen LogP contribution in [0.5, 0.6) is 5.75 Å². The van der Waals surface area contributed by atoms with E-state index in [1.54, 1.807) is 17.0 Å². The van der Waals surface area contributed by atoms with Gasteiger partial charge in [-0.1, -0.05) is 26.8 Å². The van der Waals surface area contributed by atoms with Crippen molar-refractivity contribution in [1.29, 1.82) is 0 Å². The molecule has 116 valence electrons. The number of nitrogens with zero attached hydrogens (tertiary/aromatic N) is 1. The number of nitrogens with one attached hydrogen (secondary N) is 1. The lowest BCUT2D eigenvalue weighted by Gasteiger charge is -2.26. The Balaban J connectivity index is 2.31. The van der Waals surface area contributed by atoms with Crippen LogP contribution >= 0.6 is 0 Å². The number of methoxy groups -OCH3 is 1. The number of halogens is 1. The minimum Gasteiger partial charge on any atom is -0.494 e. The Bertz CT molecular complexity index is 519. The fourth-order valence-electron chi connectivity index (χ4n) is 2.69. The third kappa shape index (κ3) is 3.18. The molecule has 1 fully saturated rings. The molecular formula is C16H23FN2O2.